The average Bonchev–Trinajstić information content (AvgIpc) is 2.35. The minimum absolute atomic E-state index is 0.0574. The smallest absolute Gasteiger partial charge is 0.290 e. The quantitative estimate of drug-likeness (QED) is 0.606. The molecule has 106 valence electrons. The van der Waals surface area contributed by atoms with Gasteiger partial charge in [-0.05, 0) is 33.0 Å². The molecule has 0 aliphatic rings. The van der Waals surface area contributed by atoms with Crippen LogP contribution in [0, 0.1) is 17.0 Å². The highest BCUT2D eigenvalue weighted by atomic mass is 16.6. The summed E-state index contributed by atoms with van der Waals surface area (Å²) < 4.78 is 0. The van der Waals surface area contributed by atoms with E-state index in [0.717, 1.165) is 19.6 Å². The fourth-order valence-corrected chi connectivity index (χ4v) is 1.99. The van der Waals surface area contributed by atoms with Crippen LogP contribution in [0.15, 0.2) is 12.3 Å². The third kappa shape index (κ3) is 4.48. The van der Waals surface area contributed by atoms with Crippen molar-refractivity contribution in [3.8, 4) is 0 Å². The lowest BCUT2D eigenvalue weighted by Gasteiger charge is -2.23. The monoisotopic (exact) mass is 266 g/mol. The summed E-state index contributed by atoms with van der Waals surface area (Å²) in [6.45, 7) is 11.0. The molecule has 0 radical (unpaired) electrons. The van der Waals surface area contributed by atoms with E-state index in [1.165, 1.54) is 6.20 Å². The van der Waals surface area contributed by atoms with E-state index in [1.807, 2.05) is 0 Å². The van der Waals surface area contributed by atoms with Gasteiger partial charge in [0.25, 0.3) is 5.69 Å². The van der Waals surface area contributed by atoms with Crippen LogP contribution in [0.5, 0.6) is 0 Å². The van der Waals surface area contributed by atoms with E-state index >= 15 is 0 Å². The highest BCUT2D eigenvalue weighted by Gasteiger charge is 2.13. The van der Waals surface area contributed by atoms with Crippen molar-refractivity contribution in [3.63, 3.8) is 0 Å². The van der Waals surface area contributed by atoms with E-state index < -0.39 is 4.92 Å². The van der Waals surface area contributed by atoms with Crippen molar-refractivity contribution in [1.29, 1.82) is 0 Å². The highest BCUT2D eigenvalue weighted by Crippen LogP contribution is 2.19. The Morgan fingerprint density at radius 1 is 1.47 bits per heavy atom. The summed E-state index contributed by atoms with van der Waals surface area (Å²) in [6, 6.07) is 1.96. The van der Waals surface area contributed by atoms with Gasteiger partial charge in [-0.1, -0.05) is 13.8 Å². The molecule has 0 spiro atoms. The fourth-order valence-electron chi connectivity index (χ4n) is 1.99. The van der Waals surface area contributed by atoms with Gasteiger partial charge < -0.3 is 10.2 Å². The van der Waals surface area contributed by atoms with Gasteiger partial charge >= 0.3 is 0 Å². The Kier molecular flexibility index (Phi) is 5.69. The lowest BCUT2D eigenvalue weighted by atomic mass is 10.2. The standard InChI is InChI=1S/C13H22N4O2/c1-5-16(6-2)9-11(4)15-13-7-10(3)12(8-14-13)17(18)19/h7-8,11H,5-6,9H2,1-4H3,(H,14,15). The molecule has 6 heteroatoms. The Bertz CT molecular complexity index is 433. The SMILES string of the molecule is CCN(CC)CC(C)Nc1cc(C)c([N+](=O)[O-])cn1. The molecule has 1 atom stereocenters. The molecule has 1 unspecified atom stereocenters. The zero-order valence-electron chi connectivity index (χ0n) is 12.0. The summed E-state index contributed by atoms with van der Waals surface area (Å²) in [5.74, 6) is 0.683. The molecule has 0 saturated heterocycles. The molecule has 0 saturated carbocycles. The third-order valence-electron chi connectivity index (χ3n) is 3.10. The molecule has 0 fully saturated rings. The molecule has 0 aromatic carbocycles. The van der Waals surface area contributed by atoms with Gasteiger partial charge in [0.2, 0.25) is 0 Å². The predicted molar refractivity (Wildman–Crippen MR) is 76.5 cm³/mol. The van der Waals surface area contributed by atoms with Crippen molar-refractivity contribution in [2.75, 3.05) is 25.0 Å². The predicted octanol–water partition coefficient (Wildman–Crippen LogP) is 2.44. The number of aryl methyl sites for hydroxylation is 1. The van der Waals surface area contributed by atoms with Gasteiger partial charge in [-0.25, -0.2) is 4.98 Å². The molecule has 1 rings (SSSR count). The van der Waals surface area contributed by atoms with Crippen LogP contribution in [0.3, 0.4) is 0 Å². The van der Waals surface area contributed by atoms with Crippen LogP contribution in [0.25, 0.3) is 0 Å². The third-order valence-corrected chi connectivity index (χ3v) is 3.10. The summed E-state index contributed by atoms with van der Waals surface area (Å²) in [5.41, 5.74) is 0.680. The molecular weight excluding hydrogens is 244 g/mol. The maximum atomic E-state index is 10.7. The lowest BCUT2D eigenvalue weighted by Crippen LogP contribution is -2.34. The first-order valence-corrected chi connectivity index (χ1v) is 6.57. The number of likely N-dealkylation sites (N-methyl/N-ethyl adjacent to an activating group) is 1. The number of hydrogen-bond donors (Lipinski definition) is 1. The molecule has 0 bridgehead atoms. The number of anilines is 1. The summed E-state index contributed by atoms with van der Waals surface area (Å²) in [7, 11) is 0. The second-order valence-corrected chi connectivity index (χ2v) is 4.64. The van der Waals surface area contributed by atoms with Crippen molar-refractivity contribution in [2.24, 2.45) is 0 Å². The second kappa shape index (κ2) is 7.04. The molecule has 6 nitrogen and oxygen atoms in total. The van der Waals surface area contributed by atoms with Gasteiger partial charge in [-0.3, -0.25) is 10.1 Å². The highest BCUT2D eigenvalue weighted by molar-refractivity contribution is 5.47. The number of aromatic nitrogens is 1. The first kappa shape index (κ1) is 15.4. The van der Waals surface area contributed by atoms with Crippen LogP contribution < -0.4 is 5.32 Å². The number of nitro groups is 1. The molecule has 1 heterocycles. The number of hydrogen-bond acceptors (Lipinski definition) is 5. The molecule has 0 amide bonds. The van der Waals surface area contributed by atoms with Gasteiger partial charge in [-0.2, -0.15) is 0 Å². The molecule has 0 aliphatic heterocycles. The van der Waals surface area contributed by atoms with Gasteiger partial charge in [0, 0.05) is 18.2 Å². The minimum atomic E-state index is -0.411. The number of pyridine rings is 1. The van der Waals surface area contributed by atoms with Crippen molar-refractivity contribution >= 4 is 11.5 Å². The Morgan fingerprint density at radius 2 is 2.11 bits per heavy atom. The Hall–Kier alpha value is -1.69. The summed E-state index contributed by atoms with van der Waals surface area (Å²) in [4.78, 5) is 16.7. The van der Waals surface area contributed by atoms with Crippen molar-refractivity contribution < 1.29 is 4.92 Å². The average molecular weight is 266 g/mol. The Morgan fingerprint density at radius 3 is 2.58 bits per heavy atom. The van der Waals surface area contributed by atoms with Crippen LogP contribution in [0.2, 0.25) is 0 Å². The summed E-state index contributed by atoms with van der Waals surface area (Å²) in [5, 5.41) is 14.0. The minimum Gasteiger partial charge on any atom is -0.366 e. The van der Waals surface area contributed by atoms with Gasteiger partial charge in [-0.15, -0.1) is 0 Å². The number of nitrogens with zero attached hydrogens (tertiary/aromatic N) is 3. The van der Waals surface area contributed by atoms with Gasteiger partial charge in [0.1, 0.15) is 12.0 Å². The number of nitrogens with one attached hydrogen (secondary N) is 1. The largest absolute Gasteiger partial charge is 0.366 e. The van der Waals surface area contributed by atoms with Crippen LogP contribution >= 0.6 is 0 Å². The zero-order chi connectivity index (χ0) is 14.4. The van der Waals surface area contributed by atoms with Crippen LogP contribution in [-0.2, 0) is 0 Å². The first-order valence-electron chi connectivity index (χ1n) is 6.57. The van der Waals surface area contributed by atoms with E-state index in [0.29, 0.717) is 11.4 Å². The molecule has 19 heavy (non-hydrogen) atoms. The van der Waals surface area contributed by atoms with Gasteiger partial charge in [0.15, 0.2) is 0 Å². The second-order valence-electron chi connectivity index (χ2n) is 4.64. The maximum absolute atomic E-state index is 10.7. The van der Waals surface area contributed by atoms with E-state index in [4.69, 9.17) is 0 Å². The van der Waals surface area contributed by atoms with Crippen LogP contribution in [0.1, 0.15) is 26.3 Å². The number of rotatable bonds is 7. The molecule has 1 aromatic rings. The van der Waals surface area contributed by atoms with E-state index in [2.05, 4.69) is 36.0 Å². The van der Waals surface area contributed by atoms with Crippen molar-refractivity contribution in [2.45, 2.75) is 33.7 Å². The summed E-state index contributed by atoms with van der Waals surface area (Å²) in [6.07, 6.45) is 1.31. The fraction of sp³-hybridized carbons (Fsp3) is 0.615. The Labute approximate surface area is 114 Å². The molecular formula is C13H22N4O2. The molecule has 1 aromatic heterocycles. The van der Waals surface area contributed by atoms with E-state index in [1.54, 1.807) is 13.0 Å². The van der Waals surface area contributed by atoms with Gasteiger partial charge in [0.05, 0.1) is 4.92 Å². The first-order chi connectivity index (χ1) is 8.97. The zero-order valence-corrected chi connectivity index (χ0v) is 12.0. The molecule has 0 aliphatic carbocycles. The van der Waals surface area contributed by atoms with E-state index in [-0.39, 0.29) is 11.7 Å². The summed E-state index contributed by atoms with van der Waals surface area (Å²) >= 11 is 0. The van der Waals surface area contributed by atoms with E-state index in [9.17, 15) is 10.1 Å². The van der Waals surface area contributed by atoms with Crippen molar-refractivity contribution in [3.05, 3.63) is 27.9 Å². The topological polar surface area (TPSA) is 71.3 Å². The Balaban J connectivity index is 2.67. The maximum Gasteiger partial charge on any atom is 0.290 e. The normalized spacial score (nSPS) is 12.5. The molecule has 1 N–H and O–H groups in total. The van der Waals surface area contributed by atoms with Crippen LogP contribution in [-0.4, -0.2) is 40.5 Å². The van der Waals surface area contributed by atoms with Crippen LogP contribution in [0.4, 0.5) is 11.5 Å². The lowest BCUT2D eigenvalue weighted by molar-refractivity contribution is -0.385. The van der Waals surface area contributed by atoms with Crippen molar-refractivity contribution in [1.82, 2.24) is 9.88 Å².